The molecule has 0 bridgehead atoms. The number of morpholine rings is 1. The zero-order chi connectivity index (χ0) is 19.0. The fourth-order valence-electron chi connectivity index (χ4n) is 3.14. The Balaban J connectivity index is 1.66. The van der Waals surface area contributed by atoms with Crippen LogP contribution in [0.2, 0.25) is 5.02 Å². The van der Waals surface area contributed by atoms with Crippen LogP contribution in [0.3, 0.4) is 0 Å². The van der Waals surface area contributed by atoms with Crippen LogP contribution in [0.25, 0.3) is 16.7 Å². The standard InChI is InChI=1S/C19H17ClN4O3/c20-13-2-4-14(5-3-13)24-11-22-15-6-1-12(9-16(15)24)19(26)23-7-8-27-17(10-23)18(21)25/h1-6,9,11,17H,7-8,10H2,(H2,21,25). The summed E-state index contributed by atoms with van der Waals surface area (Å²) in [7, 11) is 0. The summed E-state index contributed by atoms with van der Waals surface area (Å²) in [4.78, 5) is 30.2. The van der Waals surface area contributed by atoms with Crippen molar-refractivity contribution in [3.8, 4) is 5.69 Å². The van der Waals surface area contributed by atoms with E-state index in [1.165, 1.54) is 0 Å². The maximum Gasteiger partial charge on any atom is 0.254 e. The topological polar surface area (TPSA) is 90.5 Å². The van der Waals surface area contributed by atoms with Crippen LogP contribution in [0, 0.1) is 0 Å². The number of carbonyl (C=O) groups excluding carboxylic acids is 2. The maximum atomic E-state index is 12.9. The van der Waals surface area contributed by atoms with Crippen molar-refractivity contribution in [1.82, 2.24) is 14.5 Å². The smallest absolute Gasteiger partial charge is 0.254 e. The summed E-state index contributed by atoms with van der Waals surface area (Å²) in [6.45, 7) is 0.851. The van der Waals surface area contributed by atoms with Gasteiger partial charge in [0.1, 0.15) is 6.33 Å². The molecule has 0 spiro atoms. The lowest BCUT2D eigenvalue weighted by Crippen LogP contribution is -2.50. The lowest BCUT2D eigenvalue weighted by Gasteiger charge is -2.31. The van der Waals surface area contributed by atoms with E-state index in [4.69, 9.17) is 22.1 Å². The Hall–Kier alpha value is -2.90. The van der Waals surface area contributed by atoms with E-state index >= 15 is 0 Å². The van der Waals surface area contributed by atoms with Crippen LogP contribution in [-0.4, -0.2) is 52.1 Å². The molecule has 2 N–H and O–H groups in total. The van der Waals surface area contributed by atoms with Gasteiger partial charge in [0.25, 0.3) is 5.91 Å². The third-order valence-electron chi connectivity index (χ3n) is 4.57. The minimum Gasteiger partial charge on any atom is -0.367 e. The van der Waals surface area contributed by atoms with Crippen LogP contribution in [0.4, 0.5) is 0 Å². The summed E-state index contributed by atoms with van der Waals surface area (Å²) in [5.41, 5.74) is 8.30. The number of nitrogens with two attached hydrogens (primary N) is 1. The van der Waals surface area contributed by atoms with Crippen molar-refractivity contribution in [2.24, 2.45) is 5.73 Å². The van der Waals surface area contributed by atoms with Crippen molar-refractivity contribution in [3.63, 3.8) is 0 Å². The molecule has 1 saturated heterocycles. The molecule has 138 valence electrons. The number of carbonyl (C=O) groups is 2. The summed E-state index contributed by atoms with van der Waals surface area (Å²) in [5.74, 6) is -0.737. The molecule has 0 saturated carbocycles. The highest BCUT2D eigenvalue weighted by atomic mass is 35.5. The van der Waals surface area contributed by atoms with Crippen molar-refractivity contribution in [3.05, 3.63) is 59.4 Å². The van der Waals surface area contributed by atoms with Crippen molar-refractivity contribution in [2.75, 3.05) is 19.7 Å². The molecule has 1 aromatic heterocycles. The number of primary amides is 1. The largest absolute Gasteiger partial charge is 0.367 e. The third kappa shape index (κ3) is 3.39. The average molecular weight is 385 g/mol. The van der Waals surface area contributed by atoms with Crippen LogP contribution in [0.1, 0.15) is 10.4 Å². The Morgan fingerprint density at radius 1 is 1.19 bits per heavy atom. The zero-order valence-corrected chi connectivity index (χ0v) is 15.1. The molecule has 4 rings (SSSR count). The van der Waals surface area contributed by atoms with E-state index in [0.717, 1.165) is 16.7 Å². The van der Waals surface area contributed by atoms with E-state index in [1.54, 1.807) is 41.6 Å². The second kappa shape index (κ2) is 7.02. The molecule has 1 aliphatic rings. The fraction of sp³-hybridized carbons (Fsp3) is 0.211. The highest BCUT2D eigenvalue weighted by Gasteiger charge is 2.28. The van der Waals surface area contributed by atoms with E-state index in [9.17, 15) is 9.59 Å². The van der Waals surface area contributed by atoms with Crippen molar-refractivity contribution < 1.29 is 14.3 Å². The lowest BCUT2D eigenvalue weighted by atomic mass is 10.1. The highest BCUT2D eigenvalue weighted by Crippen LogP contribution is 2.22. The number of rotatable bonds is 3. The lowest BCUT2D eigenvalue weighted by molar-refractivity contribution is -0.133. The van der Waals surface area contributed by atoms with Crippen molar-refractivity contribution >= 4 is 34.4 Å². The highest BCUT2D eigenvalue weighted by molar-refractivity contribution is 6.30. The van der Waals surface area contributed by atoms with Gasteiger partial charge in [-0.15, -0.1) is 0 Å². The number of fused-ring (bicyclic) bond motifs is 1. The number of benzene rings is 2. The van der Waals surface area contributed by atoms with E-state index < -0.39 is 12.0 Å². The normalized spacial score (nSPS) is 17.2. The van der Waals surface area contributed by atoms with E-state index in [0.29, 0.717) is 17.1 Å². The van der Waals surface area contributed by atoms with Crippen molar-refractivity contribution in [2.45, 2.75) is 6.10 Å². The number of hydrogen-bond acceptors (Lipinski definition) is 4. The molecule has 27 heavy (non-hydrogen) atoms. The Morgan fingerprint density at radius 3 is 2.70 bits per heavy atom. The number of amides is 2. The van der Waals surface area contributed by atoms with E-state index in [-0.39, 0.29) is 19.1 Å². The molecule has 2 heterocycles. The zero-order valence-electron chi connectivity index (χ0n) is 14.3. The quantitative estimate of drug-likeness (QED) is 0.747. The second-order valence-electron chi connectivity index (χ2n) is 6.31. The van der Waals surface area contributed by atoms with Crippen LogP contribution in [0.15, 0.2) is 48.8 Å². The van der Waals surface area contributed by atoms with Gasteiger partial charge in [-0.3, -0.25) is 14.2 Å². The number of nitrogens with zero attached hydrogens (tertiary/aromatic N) is 3. The Kier molecular flexibility index (Phi) is 4.55. The molecule has 1 aliphatic heterocycles. The monoisotopic (exact) mass is 384 g/mol. The van der Waals surface area contributed by atoms with Gasteiger partial charge in [0, 0.05) is 22.8 Å². The summed E-state index contributed by atoms with van der Waals surface area (Å²) in [6.07, 6.45) is 0.936. The molecule has 7 nitrogen and oxygen atoms in total. The van der Waals surface area contributed by atoms with Gasteiger partial charge in [-0.2, -0.15) is 0 Å². The van der Waals surface area contributed by atoms with Crippen molar-refractivity contribution in [1.29, 1.82) is 0 Å². The Labute approximate surface area is 160 Å². The first-order valence-electron chi connectivity index (χ1n) is 8.46. The van der Waals surface area contributed by atoms with Gasteiger partial charge in [-0.1, -0.05) is 11.6 Å². The molecule has 1 unspecified atom stereocenters. The first-order chi connectivity index (χ1) is 13.0. The maximum absolute atomic E-state index is 12.9. The van der Waals surface area contributed by atoms with Crippen LogP contribution < -0.4 is 5.73 Å². The van der Waals surface area contributed by atoms with Gasteiger partial charge in [-0.25, -0.2) is 4.98 Å². The number of imidazole rings is 1. The molecule has 0 radical (unpaired) electrons. The van der Waals surface area contributed by atoms with Crippen LogP contribution in [0.5, 0.6) is 0 Å². The third-order valence-corrected chi connectivity index (χ3v) is 4.82. The first kappa shape index (κ1) is 17.5. The minimum absolute atomic E-state index is 0.155. The van der Waals surface area contributed by atoms with Gasteiger partial charge in [0.15, 0.2) is 6.10 Å². The SMILES string of the molecule is NC(=O)C1CN(C(=O)c2ccc3ncn(-c4ccc(Cl)cc4)c3c2)CCO1. The van der Waals surface area contributed by atoms with Crippen LogP contribution >= 0.6 is 11.6 Å². The molecule has 2 amide bonds. The molecule has 8 heteroatoms. The minimum atomic E-state index is -0.772. The predicted molar refractivity (Wildman–Crippen MR) is 101 cm³/mol. The summed E-state index contributed by atoms with van der Waals surface area (Å²) >= 11 is 5.96. The molecular formula is C19H17ClN4O3. The Bertz CT molecular complexity index is 1020. The molecule has 3 aromatic rings. The number of aromatic nitrogens is 2. The number of hydrogen-bond donors (Lipinski definition) is 1. The number of halogens is 1. The summed E-state index contributed by atoms with van der Waals surface area (Å²) in [6, 6.07) is 12.7. The average Bonchev–Trinajstić information content (AvgIpc) is 3.11. The predicted octanol–water partition coefficient (Wildman–Crippen LogP) is 2.01. The second-order valence-corrected chi connectivity index (χ2v) is 6.74. The summed E-state index contributed by atoms with van der Waals surface area (Å²) < 4.78 is 7.20. The molecule has 0 aliphatic carbocycles. The molecular weight excluding hydrogens is 368 g/mol. The fourth-order valence-corrected chi connectivity index (χ4v) is 3.26. The number of ether oxygens (including phenoxy) is 1. The molecule has 2 aromatic carbocycles. The molecule has 1 atom stereocenters. The van der Waals surface area contributed by atoms with Gasteiger partial charge in [0.2, 0.25) is 5.91 Å². The van der Waals surface area contributed by atoms with Crippen LogP contribution in [-0.2, 0) is 9.53 Å². The van der Waals surface area contributed by atoms with Gasteiger partial charge in [-0.05, 0) is 42.5 Å². The van der Waals surface area contributed by atoms with Gasteiger partial charge >= 0.3 is 0 Å². The van der Waals surface area contributed by atoms with Gasteiger partial charge in [0.05, 0.1) is 24.2 Å². The first-order valence-corrected chi connectivity index (χ1v) is 8.84. The Morgan fingerprint density at radius 2 is 1.96 bits per heavy atom. The van der Waals surface area contributed by atoms with E-state index in [1.807, 2.05) is 16.7 Å². The summed E-state index contributed by atoms with van der Waals surface area (Å²) in [5, 5.41) is 0.648. The van der Waals surface area contributed by atoms with E-state index in [2.05, 4.69) is 4.98 Å². The van der Waals surface area contributed by atoms with Gasteiger partial charge < -0.3 is 15.4 Å². The molecule has 1 fully saturated rings.